The smallest absolute Gasteiger partial charge is 0.248 e. The molecule has 31 heavy (non-hydrogen) atoms. The number of rotatable bonds is 7. The summed E-state index contributed by atoms with van der Waals surface area (Å²) < 4.78 is 27.3. The second-order valence-electron chi connectivity index (χ2n) is 7.06. The van der Waals surface area contributed by atoms with E-state index in [1.165, 1.54) is 27.4 Å². The van der Waals surface area contributed by atoms with Crippen LogP contribution in [0.3, 0.4) is 0 Å². The zero-order valence-corrected chi connectivity index (χ0v) is 18.8. The van der Waals surface area contributed by atoms with E-state index < -0.39 is 0 Å². The summed E-state index contributed by atoms with van der Waals surface area (Å²) in [6, 6.07) is 7.18. The Kier molecular flexibility index (Phi) is 6.44. The molecule has 1 amide bonds. The summed E-state index contributed by atoms with van der Waals surface area (Å²) in [4.78, 5) is 12.7. The van der Waals surface area contributed by atoms with E-state index in [2.05, 4.69) is 5.32 Å². The summed E-state index contributed by atoms with van der Waals surface area (Å²) in [5, 5.41) is 3.84. The molecule has 2 aromatic carbocycles. The number of furan rings is 1. The minimum Gasteiger partial charge on any atom is -0.496 e. The molecule has 0 bridgehead atoms. The number of benzene rings is 2. The van der Waals surface area contributed by atoms with Gasteiger partial charge in [-0.25, -0.2) is 0 Å². The van der Waals surface area contributed by atoms with Crippen LogP contribution in [0, 0.1) is 13.8 Å². The van der Waals surface area contributed by atoms with Crippen molar-refractivity contribution in [3.63, 3.8) is 0 Å². The van der Waals surface area contributed by atoms with E-state index in [4.69, 9.17) is 23.4 Å². The first-order valence-electron chi connectivity index (χ1n) is 9.70. The largest absolute Gasteiger partial charge is 0.496 e. The number of methoxy groups -OCH3 is 4. The summed E-state index contributed by atoms with van der Waals surface area (Å²) in [7, 11) is 6.17. The summed E-state index contributed by atoms with van der Waals surface area (Å²) in [6.45, 7) is 5.80. The van der Waals surface area contributed by atoms with E-state index >= 15 is 0 Å². The maximum absolute atomic E-state index is 12.7. The molecule has 1 heterocycles. The van der Waals surface area contributed by atoms with Crippen LogP contribution in [0.5, 0.6) is 23.0 Å². The third kappa shape index (κ3) is 4.30. The first-order chi connectivity index (χ1) is 14.8. The third-order valence-electron chi connectivity index (χ3n) is 5.20. The fourth-order valence-electron chi connectivity index (χ4n) is 3.45. The van der Waals surface area contributed by atoms with Gasteiger partial charge >= 0.3 is 0 Å². The van der Waals surface area contributed by atoms with Gasteiger partial charge in [0.1, 0.15) is 17.1 Å². The van der Waals surface area contributed by atoms with Gasteiger partial charge in [-0.3, -0.25) is 4.79 Å². The number of hydrogen-bond donors (Lipinski definition) is 1. The normalized spacial score (nSPS) is 11.4. The average molecular weight is 425 g/mol. The van der Waals surface area contributed by atoms with Gasteiger partial charge in [-0.2, -0.15) is 0 Å². The lowest BCUT2D eigenvalue weighted by Crippen LogP contribution is -2.09. The number of amides is 1. The minimum absolute atomic E-state index is 0.297. The van der Waals surface area contributed by atoms with Crippen LogP contribution in [-0.2, 0) is 4.79 Å². The summed E-state index contributed by atoms with van der Waals surface area (Å²) >= 11 is 0. The zero-order valence-electron chi connectivity index (χ0n) is 18.8. The first-order valence-corrected chi connectivity index (χ1v) is 9.70. The number of carbonyl (C=O) groups excluding carboxylic acids is 1. The molecule has 1 N–H and O–H groups in total. The summed E-state index contributed by atoms with van der Waals surface area (Å²) in [6.07, 6.45) is 1.52. The Labute approximate surface area is 181 Å². The molecule has 0 saturated heterocycles. The predicted molar refractivity (Wildman–Crippen MR) is 121 cm³/mol. The van der Waals surface area contributed by atoms with Gasteiger partial charge in [0, 0.05) is 40.9 Å². The van der Waals surface area contributed by atoms with Gasteiger partial charge in [0.25, 0.3) is 0 Å². The van der Waals surface area contributed by atoms with Gasteiger partial charge in [0.2, 0.25) is 11.7 Å². The molecule has 0 saturated carbocycles. The Morgan fingerprint density at radius 3 is 2.06 bits per heavy atom. The highest BCUT2D eigenvalue weighted by molar-refractivity contribution is 6.05. The van der Waals surface area contributed by atoms with Crippen LogP contribution < -0.4 is 24.3 Å². The molecule has 0 aliphatic heterocycles. The van der Waals surface area contributed by atoms with E-state index in [0.717, 1.165) is 33.4 Å². The van der Waals surface area contributed by atoms with Gasteiger partial charge in [-0.1, -0.05) is 0 Å². The molecule has 3 aromatic rings. The maximum Gasteiger partial charge on any atom is 0.248 e. The van der Waals surface area contributed by atoms with Crippen molar-refractivity contribution in [3.05, 3.63) is 47.2 Å². The molecule has 0 aliphatic rings. The van der Waals surface area contributed by atoms with Crippen molar-refractivity contribution < 1.29 is 28.2 Å². The van der Waals surface area contributed by atoms with E-state index in [9.17, 15) is 4.79 Å². The predicted octanol–water partition coefficient (Wildman–Crippen LogP) is 5.13. The molecular formula is C24H27NO6. The molecule has 0 atom stereocenters. The van der Waals surface area contributed by atoms with Crippen molar-refractivity contribution in [1.29, 1.82) is 0 Å². The Bertz CT molecular complexity index is 1130. The number of nitrogens with one attached hydrogen (secondary N) is 1. The Hall–Kier alpha value is -3.61. The van der Waals surface area contributed by atoms with Gasteiger partial charge in [-0.05, 0) is 38.0 Å². The van der Waals surface area contributed by atoms with E-state index in [-0.39, 0.29) is 5.91 Å². The fourth-order valence-corrected chi connectivity index (χ4v) is 3.45. The quantitative estimate of drug-likeness (QED) is 0.529. The van der Waals surface area contributed by atoms with Crippen molar-refractivity contribution in [1.82, 2.24) is 0 Å². The first kappa shape index (κ1) is 22.1. The zero-order chi connectivity index (χ0) is 22.7. The van der Waals surface area contributed by atoms with Gasteiger partial charge in [0.05, 0.1) is 28.4 Å². The standard InChI is InChI=1S/C24H27NO6/c1-13(17-11-18-14(2)15(3)31-20(18)12-19(17)27-4)8-23(26)25-16-9-21(28-5)24(30-7)22(10-16)29-6/h8-12H,1-7H3,(H,25,26)/b13-8+. The molecule has 7 heteroatoms. The van der Waals surface area contributed by atoms with Crippen LogP contribution in [0.15, 0.2) is 34.8 Å². The van der Waals surface area contributed by atoms with E-state index in [1.54, 1.807) is 19.2 Å². The lowest BCUT2D eigenvalue weighted by molar-refractivity contribution is -0.111. The number of hydrogen-bond acceptors (Lipinski definition) is 6. The molecule has 1 aromatic heterocycles. The van der Waals surface area contributed by atoms with Crippen LogP contribution >= 0.6 is 0 Å². The molecule has 0 aliphatic carbocycles. The van der Waals surface area contributed by atoms with Crippen LogP contribution in [0.25, 0.3) is 16.5 Å². The van der Waals surface area contributed by atoms with Gasteiger partial charge < -0.3 is 28.7 Å². The van der Waals surface area contributed by atoms with Crippen LogP contribution in [0.2, 0.25) is 0 Å². The van der Waals surface area contributed by atoms with Crippen molar-refractivity contribution in [2.75, 3.05) is 33.8 Å². The van der Waals surface area contributed by atoms with E-state index in [0.29, 0.717) is 28.7 Å². The summed E-state index contributed by atoms with van der Waals surface area (Å²) in [5.41, 5.74) is 3.91. The molecule has 0 fully saturated rings. The highest BCUT2D eigenvalue weighted by Gasteiger charge is 2.16. The molecule has 3 rings (SSSR count). The third-order valence-corrected chi connectivity index (χ3v) is 5.20. The average Bonchev–Trinajstić information content (AvgIpc) is 3.04. The van der Waals surface area contributed by atoms with Crippen LogP contribution in [0.1, 0.15) is 23.8 Å². The number of allylic oxidation sites excluding steroid dienone is 1. The lowest BCUT2D eigenvalue weighted by Gasteiger charge is -2.14. The molecule has 164 valence electrons. The van der Waals surface area contributed by atoms with Crippen molar-refractivity contribution in [3.8, 4) is 23.0 Å². The van der Waals surface area contributed by atoms with Crippen molar-refractivity contribution >= 4 is 28.1 Å². The second-order valence-corrected chi connectivity index (χ2v) is 7.06. The van der Waals surface area contributed by atoms with Crippen LogP contribution in [-0.4, -0.2) is 34.3 Å². The summed E-state index contributed by atoms with van der Waals surface area (Å²) in [5.74, 6) is 2.56. The Morgan fingerprint density at radius 2 is 1.52 bits per heavy atom. The number of fused-ring (bicyclic) bond motifs is 1. The SMILES string of the molecule is COc1cc2oc(C)c(C)c2cc1/C(C)=C/C(=O)Nc1cc(OC)c(OC)c(OC)c1. The number of carbonyl (C=O) groups is 1. The minimum atomic E-state index is -0.297. The van der Waals surface area contributed by atoms with Gasteiger partial charge in [0.15, 0.2) is 11.5 Å². The van der Waals surface area contributed by atoms with Crippen molar-refractivity contribution in [2.24, 2.45) is 0 Å². The molecule has 0 spiro atoms. The lowest BCUT2D eigenvalue weighted by atomic mass is 10.0. The Morgan fingerprint density at radius 1 is 0.903 bits per heavy atom. The molecular weight excluding hydrogens is 398 g/mol. The highest BCUT2D eigenvalue weighted by Crippen LogP contribution is 2.40. The monoisotopic (exact) mass is 425 g/mol. The fraction of sp³-hybridized carbons (Fsp3) is 0.292. The number of aryl methyl sites for hydroxylation is 2. The van der Waals surface area contributed by atoms with Crippen LogP contribution in [0.4, 0.5) is 5.69 Å². The maximum atomic E-state index is 12.7. The molecule has 7 nitrogen and oxygen atoms in total. The molecule has 0 radical (unpaired) electrons. The van der Waals surface area contributed by atoms with Gasteiger partial charge in [-0.15, -0.1) is 0 Å². The topological polar surface area (TPSA) is 79.2 Å². The van der Waals surface area contributed by atoms with E-state index in [1.807, 2.05) is 32.9 Å². The number of anilines is 1. The number of ether oxygens (including phenoxy) is 4. The highest BCUT2D eigenvalue weighted by atomic mass is 16.5. The van der Waals surface area contributed by atoms with Crippen molar-refractivity contribution in [2.45, 2.75) is 20.8 Å². The second kappa shape index (κ2) is 9.04. The Balaban J connectivity index is 1.94. The molecule has 0 unspecified atom stereocenters.